The van der Waals surface area contributed by atoms with Crippen LogP contribution in [0.2, 0.25) is 0 Å². The molecule has 0 saturated carbocycles. The van der Waals surface area contributed by atoms with Crippen LogP contribution in [0.3, 0.4) is 0 Å². The van der Waals surface area contributed by atoms with Gasteiger partial charge in [-0.05, 0) is 123 Å². The maximum atomic E-state index is 13.1. The van der Waals surface area contributed by atoms with E-state index in [1.807, 2.05) is 71.9 Å². The fourth-order valence-corrected chi connectivity index (χ4v) is 3.69. The number of benzene rings is 2. The monoisotopic (exact) mass is 574 g/mol. The average molecular weight is 575 g/mol. The third-order valence-electron chi connectivity index (χ3n) is 6.20. The third kappa shape index (κ3) is 9.86. The van der Waals surface area contributed by atoms with Gasteiger partial charge in [0, 0.05) is 16.7 Å². The highest BCUT2D eigenvalue weighted by atomic mass is 16.5. The molecule has 0 aliphatic carbocycles. The number of carbonyl (C=O) groups is 3. The van der Waals surface area contributed by atoms with Crippen molar-refractivity contribution in [3.05, 3.63) is 83.0 Å². The van der Waals surface area contributed by atoms with E-state index in [4.69, 9.17) is 14.2 Å². The lowest BCUT2D eigenvalue weighted by Gasteiger charge is -2.23. The van der Waals surface area contributed by atoms with Gasteiger partial charge in [0.15, 0.2) is 5.78 Å². The predicted molar refractivity (Wildman–Crippen MR) is 169 cm³/mol. The van der Waals surface area contributed by atoms with Crippen LogP contribution in [-0.2, 0) is 22.4 Å². The van der Waals surface area contributed by atoms with Crippen molar-refractivity contribution in [2.24, 2.45) is 10.8 Å². The van der Waals surface area contributed by atoms with Crippen molar-refractivity contribution in [3.8, 4) is 17.2 Å². The SMILES string of the molecule is CC=CCc1cc(C=CC(=O)c2ccc(OC(=O)C(C)(C)C)cc2)c(OCCC)c(CC=CC)c1OC(=O)C(C)(C)C. The van der Waals surface area contributed by atoms with E-state index in [0.717, 1.165) is 23.1 Å². The first kappa shape index (κ1) is 34.3. The zero-order valence-electron chi connectivity index (χ0n) is 26.6. The molecule has 0 aliphatic rings. The van der Waals surface area contributed by atoms with Gasteiger partial charge in [-0.1, -0.05) is 31.2 Å². The second-order valence-electron chi connectivity index (χ2n) is 12.2. The number of rotatable bonds is 12. The summed E-state index contributed by atoms with van der Waals surface area (Å²) in [6.45, 7) is 17.2. The predicted octanol–water partition coefficient (Wildman–Crippen LogP) is 8.51. The zero-order chi connectivity index (χ0) is 31.5. The Balaban J connectivity index is 2.58. The standard InChI is InChI=1S/C36H46O6/c1-10-13-15-26-24-27(19-22-30(37)25-17-20-28(21-18-25)41-33(38)35(4,5)6)31(40-23-12-3)29(16-14-11-2)32(26)42-34(39)36(7,8)9/h10-11,13-14,17-22,24H,12,15-16,23H2,1-9H3. The van der Waals surface area contributed by atoms with Crippen LogP contribution in [0.15, 0.2) is 60.7 Å². The van der Waals surface area contributed by atoms with Gasteiger partial charge in [0.25, 0.3) is 0 Å². The summed E-state index contributed by atoms with van der Waals surface area (Å²) in [7, 11) is 0. The molecule has 0 bridgehead atoms. The minimum atomic E-state index is -0.689. The van der Waals surface area contributed by atoms with Crippen molar-refractivity contribution in [2.75, 3.05) is 6.61 Å². The molecule has 0 amide bonds. The van der Waals surface area contributed by atoms with Gasteiger partial charge in [-0.3, -0.25) is 14.4 Å². The topological polar surface area (TPSA) is 78.9 Å². The molecule has 0 spiro atoms. The Hall–Kier alpha value is -3.93. The van der Waals surface area contributed by atoms with Crippen molar-refractivity contribution in [2.45, 2.75) is 81.6 Å². The Kier molecular flexibility index (Phi) is 12.5. The van der Waals surface area contributed by atoms with Crippen LogP contribution >= 0.6 is 0 Å². The number of allylic oxidation sites excluding steroid dienone is 5. The molecule has 6 heteroatoms. The summed E-state index contributed by atoms with van der Waals surface area (Å²) in [5, 5.41) is 0. The van der Waals surface area contributed by atoms with Crippen LogP contribution in [0.4, 0.5) is 0 Å². The van der Waals surface area contributed by atoms with E-state index in [0.29, 0.717) is 42.3 Å². The highest BCUT2D eigenvalue weighted by Crippen LogP contribution is 2.39. The fraction of sp³-hybridized carbons (Fsp3) is 0.417. The second-order valence-corrected chi connectivity index (χ2v) is 12.2. The maximum Gasteiger partial charge on any atom is 0.316 e. The summed E-state index contributed by atoms with van der Waals surface area (Å²) in [6.07, 6.45) is 13.0. The van der Waals surface area contributed by atoms with Crippen molar-refractivity contribution in [3.63, 3.8) is 0 Å². The molecule has 0 unspecified atom stereocenters. The lowest BCUT2D eigenvalue weighted by atomic mass is 9.95. The smallest absolute Gasteiger partial charge is 0.316 e. The van der Waals surface area contributed by atoms with Crippen molar-refractivity contribution in [1.82, 2.24) is 0 Å². The van der Waals surface area contributed by atoms with Crippen LogP contribution in [0, 0.1) is 10.8 Å². The third-order valence-corrected chi connectivity index (χ3v) is 6.20. The quantitative estimate of drug-likeness (QED) is 0.0831. The van der Waals surface area contributed by atoms with Gasteiger partial charge in [0.1, 0.15) is 17.2 Å². The van der Waals surface area contributed by atoms with Crippen molar-refractivity contribution >= 4 is 23.8 Å². The molecule has 6 nitrogen and oxygen atoms in total. The van der Waals surface area contributed by atoms with E-state index in [1.165, 1.54) is 6.08 Å². The highest BCUT2D eigenvalue weighted by molar-refractivity contribution is 6.07. The van der Waals surface area contributed by atoms with Gasteiger partial charge in [0.2, 0.25) is 0 Å². The Morgan fingerprint density at radius 1 is 0.786 bits per heavy atom. The first-order chi connectivity index (χ1) is 19.7. The van der Waals surface area contributed by atoms with Crippen LogP contribution < -0.4 is 14.2 Å². The van der Waals surface area contributed by atoms with Crippen molar-refractivity contribution < 1.29 is 28.6 Å². The lowest BCUT2D eigenvalue weighted by Crippen LogP contribution is -2.26. The number of hydrogen-bond donors (Lipinski definition) is 0. The minimum absolute atomic E-state index is 0.210. The van der Waals surface area contributed by atoms with Gasteiger partial charge >= 0.3 is 11.9 Å². The summed E-state index contributed by atoms with van der Waals surface area (Å²) < 4.78 is 17.7. The number of ether oxygens (including phenoxy) is 3. The Morgan fingerprint density at radius 3 is 1.90 bits per heavy atom. The molecule has 0 aliphatic heterocycles. The van der Waals surface area contributed by atoms with E-state index in [2.05, 4.69) is 0 Å². The number of hydrogen-bond acceptors (Lipinski definition) is 6. The summed E-state index contributed by atoms with van der Waals surface area (Å²) in [6, 6.07) is 8.42. The lowest BCUT2D eigenvalue weighted by molar-refractivity contribution is -0.143. The molecule has 2 aromatic rings. The Bertz CT molecular complexity index is 1330. The average Bonchev–Trinajstić information content (AvgIpc) is 2.92. The molecule has 0 atom stereocenters. The van der Waals surface area contributed by atoms with E-state index >= 15 is 0 Å². The number of carbonyl (C=O) groups excluding carboxylic acids is 3. The first-order valence-electron chi connectivity index (χ1n) is 14.5. The molecular weight excluding hydrogens is 528 g/mol. The fourth-order valence-electron chi connectivity index (χ4n) is 3.69. The van der Waals surface area contributed by atoms with Gasteiger partial charge in [-0.25, -0.2) is 0 Å². The summed E-state index contributed by atoms with van der Waals surface area (Å²) >= 11 is 0. The van der Waals surface area contributed by atoms with Crippen LogP contribution in [0.5, 0.6) is 17.2 Å². The molecule has 2 rings (SSSR count). The largest absolute Gasteiger partial charge is 0.493 e. The molecule has 0 saturated heterocycles. The van der Waals surface area contributed by atoms with Gasteiger partial charge in [-0.15, -0.1) is 0 Å². The molecule has 226 valence electrons. The number of ketones is 1. The molecular formula is C36H46O6. The molecule has 2 aromatic carbocycles. The maximum absolute atomic E-state index is 13.1. The van der Waals surface area contributed by atoms with Gasteiger partial charge in [0.05, 0.1) is 17.4 Å². The summed E-state index contributed by atoms with van der Waals surface area (Å²) in [5.74, 6) is 0.583. The highest BCUT2D eigenvalue weighted by Gasteiger charge is 2.28. The summed E-state index contributed by atoms with van der Waals surface area (Å²) in [5.41, 5.74) is 1.45. The van der Waals surface area contributed by atoms with E-state index in [9.17, 15) is 14.4 Å². The summed E-state index contributed by atoms with van der Waals surface area (Å²) in [4.78, 5) is 38.3. The number of esters is 2. The second kappa shape index (κ2) is 15.3. The van der Waals surface area contributed by atoms with Crippen LogP contribution in [-0.4, -0.2) is 24.3 Å². The van der Waals surface area contributed by atoms with E-state index in [1.54, 1.807) is 51.1 Å². The molecule has 0 fully saturated rings. The zero-order valence-corrected chi connectivity index (χ0v) is 26.6. The van der Waals surface area contributed by atoms with Crippen molar-refractivity contribution in [1.29, 1.82) is 0 Å². The van der Waals surface area contributed by atoms with Gasteiger partial charge < -0.3 is 14.2 Å². The molecule has 0 radical (unpaired) electrons. The van der Waals surface area contributed by atoms with E-state index < -0.39 is 10.8 Å². The van der Waals surface area contributed by atoms with Gasteiger partial charge in [-0.2, -0.15) is 0 Å². The molecule has 42 heavy (non-hydrogen) atoms. The van der Waals surface area contributed by atoms with E-state index in [-0.39, 0.29) is 17.7 Å². The van der Waals surface area contributed by atoms with Crippen LogP contribution in [0.25, 0.3) is 6.08 Å². The normalized spacial score (nSPS) is 12.3. The molecule has 0 heterocycles. The minimum Gasteiger partial charge on any atom is -0.493 e. The Labute approximate surface area is 251 Å². The molecule has 0 aromatic heterocycles. The first-order valence-corrected chi connectivity index (χ1v) is 14.5. The Morgan fingerprint density at radius 2 is 1.36 bits per heavy atom. The molecule has 0 N–H and O–H groups in total. The van der Waals surface area contributed by atoms with Crippen LogP contribution in [0.1, 0.15) is 95.8 Å².